The van der Waals surface area contributed by atoms with E-state index >= 15 is 0 Å². The summed E-state index contributed by atoms with van der Waals surface area (Å²) in [4.78, 5) is 26.3. The summed E-state index contributed by atoms with van der Waals surface area (Å²) in [7, 11) is 0. The number of nitriles is 1. The minimum atomic E-state index is -0.358. The summed E-state index contributed by atoms with van der Waals surface area (Å²) < 4.78 is 6.10. The van der Waals surface area contributed by atoms with Gasteiger partial charge in [-0.2, -0.15) is 17.0 Å². The number of hydrogen-bond donors (Lipinski definition) is 0. The number of Topliss-reactive ketones (excluding diaryl/α,β-unsaturated/α-hetero) is 1. The van der Waals surface area contributed by atoms with Gasteiger partial charge in [-0.05, 0) is 12.1 Å². The van der Waals surface area contributed by atoms with Gasteiger partial charge in [0.05, 0.1) is 9.99 Å². The van der Waals surface area contributed by atoms with Crippen LogP contribution in [0.25, 0.3) is 0 Å². The number of ether oxygens (including phenoxy) is 1. The molecule has 1 saturated heterocycles. The van der Waals surface area contributed by atoms with Crippen LogP contribution in [0.15, 0.2) is 56.0 Å². The van der Waals surface area contributed by atoms with Crippen LogP contribution in [-0.2, 0) is 14.3 Å². The molecule has 4 nitrogen and oxygen atoms in total. The van der Waals surface area contributed by atoms with Gasteiger partial charge in [0.2, 0.25) is 0 Å². The second-order valence-corrected chi connectivity index (χ2v) is 9.93. The quantitative estimate of drug-likeness (QED) is 0.399. The van der Waals surface area contributed by atoms with E-state index in [9.17, 15) is 14.9 Å². The molecule has 26 heavy (non-hydrogen) atoms. The van der Waals surface area contributed by atoms with Crippen LogP contribution in [0.5, 0.6) is 0 Å². The highest BCUT2D eigenvalue weighted by molar-refractivity contribution is 8.24. The average Bonchev–Trinajstić information content (AvgIpc) is 2.98. The highest BCUT2D eigenvalue weighted by Gasteiger charge is 2.25. The van der Waals surface area contributed by atoms with Crippen molar-refractivity contribution in [2.75, 3.05) is 23.0 Å². The molecular weight excluding hydrogens is 406 g/mol. The number of cyclic esters (lactones) is 1. The third-order valence-corrected chi connectivity index (χ3v) is 8.32. The Morgan fingerprint density at radius 3 is 2.69 bits per heavy atom. The lowest BCUT2D eigenvalue weighted by Crippen LogP contribution is -2.22. The molecule has 2 aliphatic rings. The number of hydrogen-bond acceptors (Lipinski definition) is 8. The second kappa shape index (κ2) is 9.09. The minimum absolute atomic E-state index is 0.183. The SMILES string of the molecule is C=C1CSCC(CSCC(=O)C(C#N)=C2Sc3ccccc3S2)OC1=O. The zero-order valence-corrected chi connectivity index (χ0v) is 17.0. The first-order valence-corrected chi connectivity index (χ1v) is 11.7. The molecule has 3 rings (SSSR count). The van der Waals surface area contributed by atoms with Crippen molar-refractivity contribution >= 4 is 58.8 Å². The van der Waals surface area contributed by atoms with Crippen molar-refractivity contribution in [3.05, 3.63) is 46.2 Å². The first-order valence-electron chi connectivity index (χ1n) is 7.75. The molecule has 134 valence electrons. The lowest BCUT2D eigenvalue weighted by atomic mass is 10.2. The molecule has 0 N–H and O–H groups in total. The first-order chi connectivity index (χ1) is 12.6. The van der Waals surface area contributed by atoms with Crippen molar-refractivity contribution in [3.8, 4) is 6.07 Å². The van der Waals surface area contributed by atoms with E-state index in [0.717, 1.165) is 14.0 Å². The van der Waals surface area contributed by atoms with Gasteiger partial charge in [-0.1, -0.05) is 42.2 Å². The van der Waals surface area contributed by atoms with Gasteiger partial charge >= 0.3 is 5.97 Å². The van der Waals surface area contributed by atoms with Crippen LogP contribution < -0.4 is 0 Å². The summed E-state index contributed by atoms with van der Waals surface area (Å²) in [5.41, 5.74) is 0.689. The molecular formula is C18H15NO3S4. The molecule has 0 aliphatic carbocycles. The van der Waals surface area contributed by atoms with Gasteiger partial charge in [-0.15, -0.1) is 11.8 Å². The molecule has 0 radical (unpaired) electrons. The van der Waals surface area contributed by atoms with Crippen molar-refractivity contribution in [2.24, 2.45) is 0 Å². The van der Waals surface area contributed by atoms with E-state index in [0.29, 0.717) is 22.8 Å². The molecule has 0 spiro atoms. The minimum Gasteiger partial charge on any atom is -0.457 e. The normalized spacial score (nSPS) is 19.3. The fraction of sp³-hybridized carbons (Fsp3) is 0.278. The number of carbonyl (C=O) groups is 2. The summed E-state index contributed by atoms with van der Waals surface area (Å²) in [6, 6.07) is 9.92. The Balaban J connectivity index is 1.56. The average molecular weight is 422 g/mol. The number of thioether (sulfide) groups is 4. The fourth-order valence-electron chi connectivity index (χ4n) is 2.24. The van der Waals surface area contributed by atoms with E-state index in [2.05, 4.69) is 12.6 Å². The van der Waals surface area contributed by atoms with Crippen molar-refractivity contribution in [1.29, 1.82) is 5.26 Å². The molecule has 1 fully saturated rings. The summed E-state index contributed by atoms with van der Waals surface area (Å²) in [6.45, 7) is 3.69. The van der Waals surface area contributed by atoms with Gasteiger partial charge in [0.15, 0.2) is 5.78 Å². The smallest absolute Gasteiger partial charge is 0.334 e. The summed E-state index contributed by atoms with van der Waals surface area (Å²) in [6.07, 6.45) is -0.234. The molecule has 1 aromatic rings. The highest BCUT2D eigenvalue weighted by atomic mass is 32.2. The number of rotatable bonds is 5. The number of carbonyl (C=O) groups excluding carboxylic acids is 2. The van der Waals surface area contributed by atoms with Gasteiger partial charge < -0.3 is 4.74 Å². The Labute approximate surface area is 169 Å². The second-order valence-electron chi connectivity index (χ2n) is 5.51. The van der Waals surface area contributed by atoms with Gasteiger partial charge in [-0.3, -0.25) is 4.79 Å². The van der Waals surface area contributed by atoms with E-state index in [1.807, 2.05) is 24.3 Å². The molecule has 0 aromatic heterocycles. The maximum Gasteiger partial charge on any atom is 0.334 e. The molecule has 0 saturated carbocycles. The third kappa shape index (κ3) is 4.71. The van der Waals surface area contributed by atoms with E-state index in [4.69, 9.17) is 4.74 Å². The van der Waals surface area contributed by atoms with Crippen LogP contribution in [-0.4, -0.2) is 40.9 Å². The molecule has 1 unspecified atom stereocenters. The number of benzene rings is 1. The van der Waals surface area contributed by atoms with E-state index in [-0.39, 0.29) is 29.2 Å². The maximum atomic E-state index is 12.5. The zero-order valence-electron chi connectivity index (χ0n) is 13.7. The van der Waals surface area contributed by atoms with Gasteiger partial charge in [0.1, 0.15) is 17.7 Å². The predicted octanol–water partition coefficient (Wildman–Crippen LogP) is 4.14. The Hall–Kier alpha value is -1.27. The monoisotopic (exact) mass is 421 g/mol. The molecule has 2 aliphatic heterocycles. The number of allylic oxidation sites excluding steroid dienone is 1. The van der Waals surface area contributed by atoms with Crippen LogP contribution in [0.4, 0.5) is 0 Å². The molecule has 8 heteroatoms. The van der Waals surface area contributed by atoms with Gasteiger partial charge in [0.25, 0.3) is 0 Å². The summed E-state index contributed by atoms with van der Waals surface area (Å²) in [5, 5.41) is 9.44. The van der Waals surface area contributed by atoms with Crippen LogP contribution >= 0.6 is 47.0 Å². The van der Waals surface area contributed by atoms with Gasteiger partial charge in [-0.25, -0.2) is 4.79 Å². The molecule has 1 aromatic carbocycles. The largest absolute Gasteiger partial charge is 0.457 e. The lowest BCUT2D eigenvalue weighted by molar-refractivity contribution is -0.141. The van der Waals surface area contributed by atoms with Crippen molar-refractivity contribution in [3.63, 3.8) is 0 Å². The fourth-order valence-corrected chi connectivity index (χ4v) is 6.73. The maximum absolute atomic E-state index is 12.5. The number of fused-ring (bicyclic) bond motifs is 1. The Morgan fingerprint density at radius 2 is 2.04 bits per heavy atom. The van der Waals surface area contributed by atoms with Crippen LogP contribution in [0.2, 0.25) is 0 Å². The summed E-state index contributed by atoms with van der Waals surface area (Å²) >= 11 is 5.94. The van der Waals surface area contributed by atoms with Crippen LogP contribution in [0.1, 0.15) is 0 Å². The standard InChI is InChI=1S/C18H15NO3S4/c1-11-7-23-8-12(22-17(11)21)9-24-10-14(20)13(6-19)18-25-15-4-2-3-5-16(15)26-18/h2-5,12H,1,7-10H2. The predicted molar refractivity (Wildman–Crippen MR) is 109 cm³/mol. The number of ketones is 1. The van der Waals surface area contributed by atoms with Gasteiger partial charge in [0, 0.05) is 32.6 Å². The topological polar surface area (TPSA) is 67.2 Å². The van der Waals surface area contributed by atoms with Crippen LogP contribution in [0.3, 0.4) is 0 Å². The third-order valence-electron chi connectivity index (χ3n) is 3.53. The Morgan fingerprint density at radius 1 is 1.35 bits per heavy atom. The van der Waals surface area contributed by atoms with E-state index in [1.165, 1.54) is 35.3 Å². The van der Waals surface area contributed by atoms with Crippen molar-refractivity contribution in [2.45, 2.75) is 15.9 Å². The van der Waals surface area contributed by atoms with Crippen molar-refractivity contribution < 1.29 is 14.3 Å². The van der Waals surface area contributed by atoms with Crippen molar-refractivity contribution in [1.82, 2.24) is 0 Å². The molecule has 2 heterocycles. The molecule has 0 bridgehead atoms. The molecule has 1 atom stereocenters. The highest BCUT2D eigenvalue weighted by Crippen LogP contribution is 2.52. The van der Waals surface area contributed by atoms with Crippen LogP contribution in [0, 0.1) is 11.3 Å². The summed E-state index contributed by atoms with van der Waals surface area (Å²) in [5.74, 6) is 1.47. The number of esters is 1. The molecule has 0 amide bonds. The Bertz CT molecular complexity index is 801. The number of nitrogens with zero attached hydrogens (tertiary/aromatic N) is 1. The van der Waals surface area contributed by atoms with E-state index in [1.54, 1.807) is 11.8 Å². The Kier molecular flexibility index (Phi) is 6.81. The van der Waals surface area contributed by atoms with E-state index < -0.39 is 0 Å². The first kappa shape index (κ1) is 19.5. The zero-order chi connectivity index (χ0) is 18.5. The lowest BCUT2D eigenvalue weighted by Gasteiger charge is -2.13.